The van der Waals surface area contributed by atoms with Crippen LogP contribution in [-0.4, -0.2) is 47.1 Å². The number of hydrogen-bond acceptors (Lipinski definition) is 5. The van der Waals surface area contributed by atoms with E-state index in [1.165, 1.54) is 38.8 Å². The molecule has 3 rings (SSSR count). The van der Waals surface area contributed by atoms with E-state index in [2.05, 4.69) is 27.4 Å². The Morgan fingerprint density at radius 1 is 1.13 bits per heavy atom. The number of pyridine rings is 1. The molecule has 1 aliphatic rings. The average molecular weight is 441 g/mol. The first kappa shape index (κ1) is 23.2. The van der Waals surface area contributed by atoms with Crippen LogP contribution in [0.3, 0.4) is 0 Å². The number of likely N-dealkylation sites (tertiary alicyclic amines) is 1. The van der Waals surface area contributed by atoms with Gasteiger partial charge in [-0.2, -0.15) is 0 Å². The van der Waals surface area contributed by atoms with Gasteiger partial charge >= 0.3 is 0 Å². The number of unbranched alkanes of at least 4 members (excludes halogenated alkanes) is 2. The van der Waals surface area contributed by atoms with E-state index in [0.717, 1.165) is 43.1 Å². The highest BCUT2D eigenvalue weighted by Crippen LogP contribution is 2.16. The SMILES string of the molecule is CCCCCOc1ccc(NC(=S)NC(=O)c2ccc(CCN3CCCC3)nc2)cc1. The van der Waals surface area contributed by atoms with Crippen LogP contribution in [0.1, 0.15) is 55.1 Å². The van der Waals surface area contributed by atoms with Crippen molar-refractivity contribution in [2.45, 2.75) is 45.4 Å². The minimum absolute atomic E-state index is 0.250. The summed E-state index contributed by atoms with van der Waals surface area (Å²) in [5, 5.41) is 5.98. The van der Waals surface area contributed by atoms with Crippen molar-refractivity contribution in [2.75, 3.05) is 31.6 Å². The summed E-state index contributed by atoms with van der Waals surface area (Å²) in [5.74, 6) is 0.555. The zero-order valence-corrected chi connectivity index (χ0v) is 19.0. The number of amides is 1. The van der Waals surface area contributed by atoms with Crippen LogP contribution in [0.4, 0.5) is 5.69 Å². The van der Waals surface area contributed by atoms with Gasteiger partial charge in [0.25, 0.3) is 5.91 Å². The van der Waals surface area contributed by atoms with Gasteiger partial charge < -0.3 is 15.0 Å². The Hall–Kier alpha value is -2.51. The highest BCUT2D eigenvalue weighted by atomic mass is 32.1. The van der Waals surface area contributed by atoms with Crippen LogP contribution in [0.2, 0.25) is 0 Å². The summed E-state index contributed by atoms with van der Waals surface area (Å²) in [4.78, 5) is 19.3. The minimum Gasteiger partial charge on any atom is -0.494 e. The molecule has 1 aliphatic heterocycles. The maximum absolute atomic E-state index is 12.4. The molecule has 0 aliphatic carbocycles. The Morgan fingerprint density at radius 3 is 2.58 bits per heavy atom. The van der Waals surface area contributed by atoms with E-state index in [1.54, 1.807) is 12.3 Å². The monoisotopic (exact) mass is 440 g/mol. The molecule has 166 valence electrons. The molecule has 0 bridgehead atoms. The molecular formula is C24H32N4O2S. The van der Waals surface area contributed by atoms with Gasteiger partial charge in [0.2, 0.25) is 0 Å². The topological polar surface area (TPSA) is 66.5 Å². The van der Waals surface area contributed by atoms with Crippen LogP contribution in [0.5, 0.6) is 5.75 Å². The number of ether oxygens (including phenoxy) is 1. The highest BCUT2D eigenvalue weighted by molar-refractivity contribution is 7.80. The number of hydrogen-bond donors (Lipinski definition) is 2. The van der Waals surface area contributed by atoms with Crippen LogP contribution >= 0.6 is 12.2 Å². The number of carbonyl (C=O) groups excluding carboxylic acids is 1. The van der Waals surface area contributed by atoms with Gasteiger partial charge in [-0.05, 0) is 81.0 Å². The van der Waals surface area contributed by atoms with Crippen LogP contribution < -0.4 is 15.4 Å². The zero-order chi connectivity index (χ0) is 21.9. The third kappa shape index (κ3) is 7.92. The lowest BCUT2D eigenvalue weighted by atomic mass is 10.2. The zero-order valence-electron chi connectivity index (χ0n) is 18.2. The van der Waals surface area contributed by atoms with E-state index >= 15 is 0 Å². The molecule has 6 nitrogen and oxygen atoms in total. The molecule has 0 unspecified atom stereocenters. The Morgan fingerprint density at radius 2 is 1.90 bits per heavy atom. The summed E-state index contributed by atoms with van der Waals surface area (Å²) in [7, 11) is 0. The predicted octanol–water partition coefficient (Wildman–Crippen LogP) is 4.42. The van der Waals surface area contributed by atoms with E-state index in [4.69, 9.17) is 17.0 Å². The first-order valence-electron chi connectivity index (χ1n) is 11.2. The fourth-order valence-electron chi connectivity index (χ4n) is 3.50. The Labute approximate surface area is 190 Å². The second-order valence-corrected chi connectivity index (χ2v) is 8.23. The van der Waals surface area contributed by atoms with Crippen LogP contribution in [0.25, 0.3) is 0 Å². The number of thiocarbonyl (C=S) groups is 1. The van der Waals surface area contributed by atoms with Crippen molar-refractivity contribution in [3.8, 4) is 5.75 Å². The average Bonchev–Trinajstić information content (AvgIpc) is 3.30. The van der Waals surface area contributed by atoms with Crippen molar-refractivity contribution >= 4 is 28.9 Å². The van der Waals surface area contributed by atoms with Crippen molar-refractivity contribution in [2.24, 2.45) is 0 Å². The number of carbonyl (C=O) groups is 1. The van der Waals surface area contributed by atoms with E-state index in [-0.39, 0.29) is 11.0 Å². The van der Waals surface area contributed by atoms with Crippen LogP contribution in [0.15, 0.2) is 42.6 Å². The van der Waals surface area contributed by atoms with Gasteiger partial charge in [0, 0.05) is 30.5 Å². The minimum atomic E-state index is -0.271. The van der Waals surface area contributed by atoms with Crippen molar-refractivity contribution < 1.29 is 9.53 Å². The van der Waals surface area contributed by atoms with E-state index < -0.39 is 0 Å². The molecule has 1 amide bonds. The molecule has 0 atom stereocenters. The number of nitrogens with one attached hydrogen (secondary N) is 2. The van der Waals surface area contributed by atoms with Crippen LogP contribution in [-0.2, 0) is 6.42 Å². The molecule has 1 aromatic heterocycles. The first-order chi connectivity index (χ1) is 15.1. The molecule has 0 spiro atoms. The highest BCUT2D eigenvalue weighted by Gasteiger charge is 2.12. The lowest BCUT2D eigenvalue weighted by Gasteiger charge is -2.14. The standard InChI is InChI=1S/C24H32N4O2S/c1-2-3-6-17-30-22-11-9-21(10-12-22)26-24(31)27-23(29)19-7-8-20(25-18-19)13-16-28-14-4-5-15-28/h7-12,18H,2-6,13-17H2,1H3,(H2,26,27,29,31). The molecule has 1 saturated heterocycles. The number of rotatable bonds is 10. The molecule has 2 aromatic rings. The summed E-state index contributed by atoms with van der Waals surface area (Å²) >= 11 is 5.27. The molecular weight excluding hydrogens is 408 g/mol. The molecule has 31 heavy (non-hydrogen) atoms. The van der Waals surface area contributed by atoms with E-state index in [0.29, 0.717) is 5.56 Å². The van der Waals surface area contributed by atoms with E-state index in [9.17, 15) is 4.79 Å². The van der Waals surface area contributed by atoms with Crippen molar-refractivity contribution in [3.63, 3.8) is 0 Å². The Bertz CT molecular complexity index is 834. The van der Waals surface area contributed by atoms with Gasteiger partial charge in [0.05, 0.1) is 12.2 Å². The normalized spacial score (nSPS) is 13.7. The lowest BCUT2D eigenvalue weighted by Crippen LogP contribution is -2.34. The van der Waals surface area contributed by atoms with Gasteiger partial charge in [-0.25, -0.2) is 0 Å². The number of aromatic nitrogens is 1. The molecule has 1 fully saturated rings. The van der Waals surface area contributed by atoms with Crippen molar-refractivity contribution in [1.82, 2.24) is 15.2 Å². The predicted molar refractivity (Wildman–Crippen MR) is 129 cm³/mol. The number of nitrogens with zero attached hydrogens (tertiary/aromatic N) is 2. The molecule has 2 N–H and O–H groups in total. The second-order valence-electron chi connectivity index (χ2n) is 7.83. The fraction of sp³-hybridized carbons (Fsp3) is 0.458. The quantitative estimate of drug-likeness (QED) is 0.421. The second kappa shape index (κ2) is 12.4. The third-order valence-electron chi connectivity index (χ3n) is 5.33. The third-order valence-corrected chi connectivity index (χ3v) is 5.53. The summed E-state index contributed by atoms with van der Waals surface area (Å²) in [6.07, 6.45) is 8.50. The lowest BCUT2D eigenvalue weighted by molar-refractivity contribution is 0.0977. The summed E-state index contributed by atoms with van der Waals surface area (Å²) in [6, 6.07) is 11.3. The fourth-order valence-corrected chi connectivity index (χ4v) is 3.71. The Kier molecular flexibility index (Phi) is 9.24. The smallest absolute Gasteiger partial charge is 0.258 e. The largest absolute Gasteiger partial charge is 0.494 e. The summed E-state index contributed by atoms with van der Waals surface area (Å²) < 4.78 is 5.71. The molecule has 0 saturated carbocycles. The summed E-state index contributed by atoms with van der Waals surface area (Å²) in [6.45, 7) is 6.28. The van der Waals surface area contributed by atoms with Gasteiger partial charge in [0.15, 0.2) is 5.11 Å². The van der Waals surface area contributed by atoms with Gasteiger partial charge in [-0.1, -0.05) is 19.8 Å². The molecule has 7 heteroatoms. The first-order valence-corrected chi connectivity index (χ1v) is 11.6. The maximum Gasteiger partial charge on any atom is 0.258 e. The van der Waals surface area contributed by atoms with Crippen molar-refractivity contribution in [1.29, 1.82) is 0 Å². The molecule has 0 radical (unpaired) electrons. The summed E-state index contributed by atoms with van der Waals surface area (Å²) in [5.41, 5.74) is 2.28. The van der Waals surface area contributed by atoms with Gasteiger partial charge in [-0.3, -0.25) is 15.1 Å². The van der Waals surface area contributed by atoms with E-state index in [1.807, 2.05) is 30.3 Å². The Balaban J connectivity index is 1.41. The number of anilines is 1. The van der Waals surface area contributed by atoms with Crippen molar-refractivity contribution in [3.05, 3.63) is 53.9 Å². The molecule has 1 aromatic carbocycles. The van der Waals surface area contributed by atoms with Crippen LogP contribution in [0, 0.1) is 0 Å². The van der Waals surface area contributed by atoms with Gasteiger partial charge in [-0.15, -0.1) is 0 Å². The number of benzene rings is 1. The van der Waals surface area contributed by atoms with Gasteiger partial charge in [0.1, 0.15) is 5.75 Å². The maximum atomic E-state index is 12.4. The molecule has 2 heterocycles.